The van der Waals surface area contributed by atoms with Gasteiger partial charge >= 0.3 is 0 Å². The van der Waals surface area contributed by atoms with Crippen LogP contribution in [-0.2, 0) is 4.74 Å². The second-order valence-corrected chi connectivity index (χ2v) is 3.40. The molecule has 0 amide bonds. The Morgan fingerprint density at radius 1 is 1.58 bits per heavy atom. The number of rotatable bonds is 3. The first kappa shape index (κ1) is 9.96. The maximum atomic E-state index is 5.46. The van der Waals surface area contributed by atoms with Crippen LogP contribution in [0.4, 0.5) is 0 Å². The minimum absolute atomic E-state index is 0.550. The third-order valence-corrected chi connectivity index (χ3v) is 2.76. The summed E-state index contributed by atoms with van der Waals surface area (Å²) >= 11 is 0. The molecule has 3 heteroatoms. The molecule has 0 spiro atoms. The van der Waals surface area contributed by atoms with E-state index in [1.807, 2.05) is 7.05 Å². The van der Waals surface area contributed by atoms with Crippen molar-refractivity contribution in [3.8, 4) is 0 Å². The van der Waals surface area contributed by atoms with E-state index in [9.17, 15) is 0 Å². The Bertz CT molecular complexity index is 130. The normalized spacial score (nSPS) is 31.0. The van der Waals surface area contributed by atoms with Crippen LogP contribution in [0.3, 0.4) is 0 Å². The van der Waals surface area contributed by atoms with Gasteiger partial charge in [-0.1, -0.05) is 6.92 Å². The molecule has 1 N–H and O–H groups in total. The Morgan fingerprint density at radius 2 is 2.33 bits per heavy atom. The molecule has 2 atom stereocenters. The van der Waals surface area contributed by atoms with Gasteiger partial charge in [0, 0.05) is 18.7 Å². The van der Waals surface area contributed by atoms with E-state index < -0.39 is 0 Å². The predicted octanol–water partition coefficient (Wildman–Crippen LogP) is 0.315. The van der Waals surface area contributed by atoms with Crippen LogP contribution in [0.2, 0.25) is 0 Å². The fourth-order valence-corrected chi connectivity index (χ4v) is 1.73. The van der Waals surface area contributed by atoms with Crippen LogP contribution in [0.25, 0.3) is 0 Å². The number of hydrogen-bond acceptors (Lipinski definition) is 3. The van der Waals surface area contributed by atoms with Gasteiger partial charge in [-0.25, -0.2) is 0 Å². The van der Waals surface area contributed by atoms with E-state index in [1.54, 1.807) is 0 Å². The van der Waals surface area contributed by atoms with Crippen molar-refractivity contribution in [2.45, 2.75) is 25.4 Å². The summed E-state index contributed by atoms with van der Waals surface area (Å²) in [7, 11) is 4.19. The van der Waals surface area contributed by atoms with Crippen molar-refractivity contribution in [2.75, 3.05) is 33.9 Å². The number of ether oxygens (including phenoxy) is 1. The summed E-state index contributed by atoms with van der Waals surface area (Å²) in [6, 6.07) is 1.15. The van der Waals surface area contributed by atoms with Crippen molar-refractivity contribution < 1.29 is 4.74 Å². The smallest absolute Gasteiger partial charge is 0.0636 e. The summed E-state index contributed by atoms with van der Waals surface area (Å²) in [5.74, 6) is 0. The number of likely N-dealkylation sites (N-methyl/N-ethyl adjacent to an activating group) is 2. The highest BCUT2D eigenvalue weighted by atomic mass is 16.5. The van der Waals surface area contributed by atoms with Gasteiger partial charge in [-0.15, -0.1) is 0 Å². The van der Waals surface area contributed by atoms with Crippen molar-refractivity contribution in [1.82, 2.24) is 10.2 Å². The Balaban J connectivity index is 2.46. The Morgan fingerprint density at radius 3 is 2.92 bits per heavy atom. The van der Waals surface area contributed by atoms with E-state index in [4.69, 9.17) is 4.74 Å². The van der Waals surface area contributed by atoms with Crippen molar-refractivity contribution >= 4 is 0 Å². The van der Waals surface area contributed by atoms with Gasteiger partial charge in [0.15, 0.2) is 0 Å². The zero-order chi connectivity index (χ0) is 8.97. The number of nitrogens with zero attached hydrogens (tertiary/aromatic N) is 1. The average Bonchev–Trinajstić information content (AvgIpc) is 2.16. The fourth-order valence-electron chi connectivity index (χ4n) is 1.73. The first-order valence-electron chi connectivity index (χ1n) is 4.74. The van der Waals surface area contributed by atoms with Gasteiger partial charge in [0.25, 0.3) is 0 Å². The van der Waals surface area contributed by atoms with Crippen molar-refractivity contribution in [1.29, 1.82) is 0 Å². The van der Waals surface area contributed by atoms with Crippen LogP contribution in [0, 0.1) is 0 Å². The molecule has 0 aromatic carbocycles. The van der Waals surface area contributed by atoms with Crippen molar-refractivity contribution in [2.24, 2.45) is 0 Å². The first-order valence-corrected chi connectivity index (χ1v) is 4.74. The Labute approximate surface area is 75.1 Å². The maximum Gasteiger partial charge on any atom is 0.0636 e. The molecule has 1 fully saturated rings. The molecule has 1 aliphatic rings. The van der Waals surface area contributed by atoms with Crippen LogP contribution in [0.5, 0.6) is 0 Å². The maximum absolute atomic E-state index is 5.46. The third-order valence-electron chi connectivity index (χ3n) is 2.76. The van der Waals surface area contributed by atoms with Gasteiger partial charge in [0.05, 0.1) is 6.61 Å². The highest BCUT2D eigenvalue weighted by Crippen LogP contribution is 2.12. The number of hydrogen-bond donors (Lipinski definition) is 1. The average molecular weight is 172 g/mol. The standard InChI is InChI=1S/C9H20N2O/c1-4-11(3)9-7-12-6-5-8(9)10-2/h8-10H,4-7H2,1-3H3. The molecule has 0 aromatic rings. The minimum atomic E-state index is 0.550. The molecule has 72 valence electrons. The fraction of sp³-hybridized carbons (Fsp3) is 1.00. The zero-order valence-corrected chi connectivity index (χ0v) is 8.34. The van der Waals surface area contributed by atoms with Gasteiger partial charge in [-0.3, -0.25) is 4.90 Å². The Kier molecular flexibility index (Phi) is 3.98. The molecule has 3 nitrogen and oxygen atoms in total. The van der Waals surface area contributed by atoms with E-state index >= 15 is 0 Å². The molecule has 12 heavy (non-hydrogen) atoms. The predicted molar refractivity (Wildman–Crippen MR) is 50.4 cm³/mol. The zero-order valence-electron chi connectivity index (χ0n) is 8.34. The van der Waals surface area contributed by atoms with Crippen LogP contribution >= 0.6 is 0 Å². The van der Waals surface area contributed by atoms with E-state index in [2.05, 4.69) is 24.2 Å². The van der Waals surface area contributed by atoms with Crippen LogP contribution in [0.1, 0.15) is 13.3 Å². The lowest BCUT2D eigenvalue weighted by molar-refractivity contribution is 0.00960. The van der Waals surface area contributed by atoms with E-state index in [1.165, 1.54) is 0 Å². The van der Waals surface area contributed by atoms with Gasteiger partial charge in [-0.05, 0) is 27.1 Å². The van der Waals surface area contributed by atoms with Gasteiger partial charge in [0.1, 0.15) is 0 Å². The largest absolute Gasteiger partial charge is 0.380 e. The lowest BCUT2D eigenvalue weighted by Gasteiger charge is -2.37. The first-order chi connectivity index (χ1) is 5.79. The van der Waals surface area contributed by atoms with Crippen LogP contribution < -0.4 is 5.32 Å². The lowest BCUT2D eigenvalue weighted by Crippen LogP contribution is -2.53. The molecule has 0 saturated carbocycles. The second-order valence-electron chi connectivity index (χ2n) is 3.40. The monoisotopic (exact) mass is 172 g/mol. The molecule has 0 aromatic heterocycles. The van der Waals surface area contributed by atoms with Gasteiger partial charge in [0.2, 0.25) is 0 Å². The highest BCUT2D eigenvalue weighted by Gasteiger charge is 2.26. The summed E-state index contributed by atoms with van der Waals surface area (Å²) in [6.45, 7) is 5.04. The van der Waals surface area contributed by atoms with Crippen LogP contribution in [0.15, 0.2) is 0 Å². The molecule has 1 rings (SSSR count). The molecule has 1 saturated heterocycles. The summed E-state index contributed by atoms with van der Waals surface area (Å²) in [5.41, 5.74) is 0. The van der Waals surface area contributed by atoms with Crippen LogP contribution in [-0.4, -0.2) is 50.8 Å². The summed E-state index contributed by atoms with van der Waals surface area (Å²) in [6.07, 6.45) is 1.13. The molecule has 1 heterocycles. The Hall–Kier alpha value is -0.120. The molecular formula is C9H20N2O. The SMILES string of the molecule is CCN(C)C1COCCC1NC. The van der Waals surface area contributed by atoms with Crippen molar-refractivity contribution in [3.63, 3.8) is 0 Å². The van der Waals surface area contributed by atoms with Gasteiger partial charge in [-0.2, -0.15) is 0 Å². The molecular weight excluding hydrogens is 152 g/mol. The highest BCUT2D eigenvalue weighted by molar-refractivity contribution is 4.84. The van der Waals surface area contributed by atoms with E-state index in [0.717, 1.165) is 26.2 Å². The third kappa shape index (κ3) is 2.19. The lowest BCUT2D eigenvalue weighted by atomic mass is 10.0. The van der Waals surface area contributed by atoms with Crippen molar-refractivity contribution in [3.05, 3.63) is 0 Å². The van der Waals surface area contributed by atoms with Gasteiger partial charge < -0.3 is 10.1 Å². The molecule has 0 radical (unpaired) electrons. The van der Waals surface area contributed by atoms with E-state index in [-0.39, 0.29) is 0 Å². The molecule has 1 aliphatic heterocycles. The topological polar surface area (TPSA) is 24.5 Å². The number of nitrogens with one attached hydrogen (secondary N) is 1. The second kappa shape index (κ2) is 4.80. The quantitative estimate of drug-likeness (QED) is 0.663. The summed E-state index contributed by atoms with van der Waals surface area (Å²) < 4.78 is 5.46. The molecule has 0 bridgehead atoms. The summed E-state index contributed by atoms with van der Waals surface area (Å²) in [5, 5.41) is 3.35. The summed E-state index contributed by atoms with van der Waals surface area (Å²) in [4.78, 5) is 2.35. The van der Waals surface area contributed by atoms with E-state index in [0.29, 0.717) is 12.1 Å². The minimum Gasteiger partial charge on any atom is -0.380 e. The molecule has 0 aliphatic carbocycles. The molecule has 2 unspecified atom stereocenters.